The summed E-state index contributed by atoms with van der Waals surface area (Å²) in [5, 5.41) is 3.71. The highest BCUT2D eigenvalue weighted by atomic mass is 79.9. The average molecular weight is 357 g/mol. The van der Waals surface area contributed by atoms with E-state index in [0.717, 1.165) is 21.5 Å². The predicted molar refractivity (Wildman–Crippen MR) is 85.7 cm³/mol. The van der Waals surface area contributed by atoms with Crippen molar-refractivity contribution in [2.75, 3.05) is 11.9 Å². The van der Waals surface area contributed by atoms with Crippen LogP contribution in [0.5, 0.6) is 5.75 Å². The molecule has 0 radical (unpaired) electrons. The minimum absolute atomic E-state index is 0.409. The van der Waals surface area contributed by atoms with Crippen LogP contribution in [0.15, 0.2) is 34.9 Å². The van der Waals surface area contributed by atoms with Crippen molar-refractivity contribution >= 4 is 39.0 Å². The summed E-state index contributed by atoms with van der Waals surface area (Å²) in [6.45, 7) is 2.96. The highest BCUT2D eigenvalue weighted by Crippen LogP contribution is 2.28. The van der Waals surface area contributed by atoms with Crippen LogP contribution in [-0.2, 0) is 6.54 Å². The first-order valence-corrected chi connectivity index (χ1v) is 7.35. The van der Waals surface area contributed by atoms with Crippen LogP contribution in [0.2, 0.25) is 5.02 Å². The van der Waals surface area contributed by atoms with Gasteiger partial charge in [0.2, 0.25) is 0 Å². The van der Waals surface area contributed by atoms with Gasteiger partial charge >= 0.3 is 0 Å². The van der Waals surface area contributed by atoms with E-state index in [-0.39, 0.29) is 0 Å². The Kier molecular flexibility index (Phi) is 5.23. The van der Waals surface area contributed by atoms with Gasteiger partial charge < -0.3 is 15.8 Å². The largest absolute Gasteiger partial charge is 0.494 e. The molecule has 2 rings (SSSR count). The van der Waals surface area contributed by atoms with Crippen LogP contribution in [0.3, 0.4) is 0 Å². The number of benzene rings is 1. The number of halogens is 2. The van der Waals surface area contributed by atoms with Gasteiger partial charge in [-0.15, -0.1) is 0 Å². The normalized spacial score (nSPS) is 10.4. The molecule has 0 aliphatic rings. The van der Waals surface area contributed by atoms with Crippen molar-refractivity contribution in [3.8, 4) is 5.75 Å². The molecule has 0 bridgehead atoms. The van der Waals surface area contributed by atoms with E-state index in [4.69, 9.17) is 22.1 Å². The Morgan fingerprint density at radius 1 is 1.40 bits per heavy atom. The topological polar surface area (TPSA) is 60.2 Å². The number of rotatable bonds is 5. The average Bonchev–Trinajstić information content (AvgIpc) is 2.43. The van der Waals surface area contributed by atoms with E-state index in [1.807, 2.05) is 25.1 Å². The standard InChI is InChI=1S/C14H15BrClN3O/c1-2-20-13-4-3-11(5-9(13)7-17)19-14-12(16)6-10(15)8-18-14/h3-6,8H,2,7,17H2,1H3,(H,18,19). The summed E-state index contributed by atoms with van der Waals surface area (Å²) >= 11 is 9.45. The summed E-state index contributed by atoms with van der Waals surface area (Å²) < 4.78 is 6.35. The minimum atomic E-state index is 0.409. The third kappa shape index (κ3) is 3.62. The maximum absolute atomic E-state index is 6.13. The quantitative estimate of drug-likeness (QED) is 0.847. The van der Waals surface area contributed by atoms with Crippen molar-refractivity contribution < 1.29 is 4.74 Å². The number of ether oxygens (including phenoxy) is 1. The number of nitrogens with one attached hydrogen (secondary N) is 1. The number of hydrogen-bond acceptors (Lipinski definition) is 4. The van der Waals surface area contributed by atoms with Gasteiger partial charge in [-0.25, -0.2) is 4.98 Å². The van der Waals surface area contributed by atoms with E-state index < -0.39 is 0 Å². The summed E-state index contributed by atoms with van der Waals surface area (Å²) in [5.41, 5.74) is 7.54. The van der Waals surface area contributed by atoms with E-state index >= 15 is 0 Å². The SMILES string of the molecule is CCOc1ccc(Nc2ncc(Br)cc2Cl)cc1CN. The molecular formula is C14H15BrClN3O. The molecule has 0 aliphatic heterocycles. The second-order valence-electron chi connectivity index (χ2n) is 4.07. The van der Waals surface area contributed by atoms with Crippen LogP contribution in [0, 0.1) is 0 Å². The Hall–Kier alpha value is -1.30. The van der Waals surface area contributed by atoms with Gasteiger partial charge in [-0.3, -0.25) is 0 Å². The summed E-state index contributed by atoms with van der Waals surface area (Å²) in [6, 6.07) is 7.52. The van der Waals surface area contributed by atoms with E-state index in [1.54, 1.807) is 12.3 Å². The third-order valence-electron chi connectivity index (χ3n) is 2.65. The van der Waals surface area contributed by atoms with Crippen molar-refractivity contribution in [1.29, 1.82) is 0 Å². The molecular weight excluding hydrogens is 342 g/mol. The van der Waals surface area contributed by atoms with E-state index in [2.05, 4.69) is 26.2 Å². The number of hydrogen-bond donors (Lipinski definition) is 2. The molecule has 0 fully saturated rings. The van der Waals surface area contributed by atoms with Crippen LogP contribution in [0.4, 0.5) is 11.5 Å². The van der Waals surface area contributed by atoms with Gasteiger partial charge in [0.05, 0.1) is 11.6 Å². The fourth-order valence-corrected chi connectivity index (χ4v) is 2.43. The van der Waals surface area contributed by atoms with Gasteiger partial charge in [0.15, 0.2) is 0 Å². The third-order valence-corrected chi connectivity index (χ3v) is 3.37. The maximum atomic E-state index is 6.13. The first kappa shape index (κ1) is 15.1. The number of aromatic nitrogens is 1. The molecule has 106 valence electrons. The molecule has 0 unspecified atom stereocenters. The minimum Gasteiger partial charge on any atom is -0.494 e. The van der Waals surface area contributed by atoms with Gasteiger partial charge in [0.1, 0.15) is 11.6 Å². The van der Waals surface area contributed by atoms with Gasteiger partial charge in [-0.05, 0) is 47.1 Å². The molecule has 1 aromatic heterocycles. The van der Waals surface area contributed by atoms with E-state index in [9.17, 15) is 0 Å². The van der Waals surface area contributed by atoms with Gasteiger partial charge in [0, 0.05) is 28.5 Å². The monoisotopic (exact) mass is 355 g/mol. The molecule has 1 aromatic carbocycles. The molecule has 6 heteroatoms. The fourth-order valence-electron chi connectivity index (χ4n) is 1.76. The van der Waals surface area contributed by atoms with Crippen LogP contribution < -0.4 is 15.8 Å². The molecule has 0 aliphatic carbocycles. The Bertz CT molecular complexity index is 607. The van der Waals surface area contributed by atoms with E-state index in [1.165, 1.54) is 0 Å². The lowest BCUT2D eigenvalue weighted by Crippen LogP contribution is -2.03. The van der Waals surface area contributed by atoms with Gasteiger partial charge in [-0.2, -0.15) is 0 Å². The number of pyridine rings is 1. The van der Waals surface area contributed by atoms with Gasteiger partial charge in [-0.1, -0.05) is 11.6 Å². The highest BCUT2D eigenvalue weighted by Gasteiger charge is 2.07. The zero-order valence-corrected chi connectivity index (χ0v) is 13.3. The number of nitrogens with zero attached hydrogens (tertiary/aromatic N) is 1. The molecule has 0 spiro atoms. The molecule has 0 saturated heterocycles. The van der Waals surface area contributed by atoms with E-state index in [0.29, 0.717) is 24.0 Å². The smallest absolute Gasteiger partial charge is 0.149 e. The van der Waals surface area contributed by atoms with Crippen molar-refractivity contribution in [2.24, 2.45) is 5.73 Å². The molecule has 1 heterocycles. The highest BCUT2D eigenvalue weighted by molar-refractivity contribution is 9.10. The first-order chi connectivity index (χ1) is 9.63. The van der Waals surface area contributed by atoms with Gasteiger partial charge in [0.25, 0.3) is 0 Å². The van der Waals surface area contributed by atoms with Crippen LogP contribution >= 0.6 is 27.5 Å². The Balaban J connectivity index is 2.25. The van der Waals surface area contributed by atoms with Crippen molar-refractivity contribution in [1.82, 2.24) is 4.98 Å². The summed E-state index contributed by atoms with van der Waals surface area (Å²) in [4.78, 5) is 4.23. The number of nitrogens with two attached hydrogens (primary N) is 1. The predicted octanol–water partition coefficient (Wildman–Crippen LogP) is 4.10. The summed E-state index contributed by atoms with van der Waals surface area (Å²) in [5.74, 6) is 1.40. The molecule has 2 aromatic rings. The first-order valence-electron chi connectivity index (χ1n) is 6.18. The number of anilines is 2. The molecule has 20 heavy (non-hydrogen) atoms. The zero-order valence-electron chi connectivity index (χ0n) is 11.0. The second kappa shape index (κ2) is 6.92. The van der Waals surface area contributed by atoms with Crippen molar-refractivity contribution in [3.63, 3.8) is 0 Å². The lowest BCUT2D eigenvalue weighted by atomic mass is 10.1. The summed E-state index contributed by atoms with van der Waals surface area (Å²) in [6.07, 6.45) is 1.69. The second-order valence-corrected chi connectivity index (χ2v) is 5.39. The lowest BCUT2D eigenvalue weighted by Gasteiger charge is -2.12. The zero-order chi connectivity index (χ0) is 14.5. The van der Waals surface area contributed by atoms with Crippen LogP contribution in [-0.4, -0.2) is 11.6 Å². The maximum Gasteiger partial charge on any atom is 0.149 e. The molecule has 0 amide bonds. The van der Waals surface area contributed by atoms with Crippen molar-refractivity contribution in [2.45, 2.75) is 13.5 Å². The molecule has 0 atom stereocenters. The molecule has 3 N–H and O–H groups in total. The Morgan fingerprint density at radius 2 is 2.20 bits per heavy atom. The van der Waals surface area contributed by atoms with Crippen LogP contribution in [0.1, 0.15) is 12.5 Å². The Labute approximate surface area is 131 Å². The molecule has 4 nitrogen and oxygen atoms in total. The molecule has 0 saturated carbocycles. The lowest BCUT2D eigenvalue weighted by molar-refractivity contribution is 0.336. The van der Waals surface area contributed by atoms with Crippen LogP contribution in [0.25, 0.3) is 0 Å². The van der Waals surface area contributed by atoms with Crippen molar-refractivity contribution in [3.05, 3.63) is 45.5 Å². The Morgan fingerprint density at radius 3 is 2.85 bits per heavy atom. The fraction of sp³-hybridized carbons (Fsp3) is 0.214. The summed E-state index contributed by atoms with van der Waals surface area (Å²) in [7, 11) is 0.